The van der Waals surface area contributed by atoms with E-state index < -0.39 is 37.3 Å². The van der Waals surface area contributed by atoms with Crippen LogP contribution in [0.4, 0.5) is 0 Å². The molecular formula is C13H18N4O5S. The Kier molecular flexibility index (Phi) is 6.33. The van der Waals surface area contributed by atoms with E-state index >= 15 is 0 Å². The minimum Gasteiger partial charge on any atom is -0.394 e. The highest BCUT2D eigenvalue weighted by atomic mass is 32.1. The lowest BCUT2D eigenvalue weighted by Gasteiger charge is -2.40. The third kappa shape index (κ3) is 4.64. The Labute approximate surface area is 137 Å². The zero-order valence-electron chi connectivity index (χ0n) is 12.0. The summed E-state index contributed by atoms with van der Waals surface area (Å²) in [5.74, 6) is 0. The summed E-state index contributed by atoms with van der Waals surface area (Å²) >= 11 is 5.00. The molecule has 6 N–H and O–H groups in total. The van der Waals surface area contributed by atoms with E-state index in [0.29, 0.717) is 0 Å². The average molecular weight is 342 g/mol. The van der Waals surface area contributed by atoms with E-state index in [4.69, 9.17) is 22.1 Å². The molecule has 0 amide bonds. The Morgan fingerprint density at radius 1 is 1.35 bits per heavy atom. The van der Waals surface area contributed by atoms with Crippen LogP contribution in [-0.2, 0) is 4.74 Å². The maximum Gasteiger partial charge on any atom is 0.189 e. The van der Waals surface area contributed by atoms with Crippen LogP contribution in [0.3, 0.4) is 0 Å². The molecule has 2 heterocycles. The van der Waals surface area contributed by atoms with Crippen molar-refractivity contribution in [1.82, 2.24) is 15.7 Å². The fraction of sp³-hybridized carbons (Fsp3) is 0.462. The molecule has 0 aromatic carbocycles. The van der Waals surface area contributed by atoms with Crippen LogP contribution in [-0.4, -0.2) is 74.0 Å². The van der Waals surface area contributed by atoms with Gasteiger partial charge in [0.2, 0.25) is 0 Å². The minimum absolute atomic E-state index is 0.0365. The first-order chi connectivity index (χ1) is 11.0. The minimum atomic E-state index is -1.47. The van der Waals surface area contributed by atoms with Crippen molar-refractivity contribution in [3.05, 3.63) is 30.1 Å². The maximum atomic E-state index is 9.86. The summed E-state index contributed by atoms with van der Waals surface area (Å²) in [6, 6.07) is 3.55. The maximum absolute atomic E-state index is 9.86. The number of hydrogen-bond donors (Lipinski definition) is 6. The smallest absolute Gasteiger partial charge is 0.189 e. The van der Waals surface area contributed by atoms with Gasteiger partial charge in [-0.15, -0.1) is 0 Å². The summed E-state index contributed by atoms with van der Waals surface area (Å²) in [6.07, 6.45) is -1.68. The molecule has 0 saturated carbocycles. The topological polar surface area (TPSA) is 139 Å². The van der Waals surface area contributed by atoms with Crippen LogP contribution in [0.25, 0.3) is 0 Å². The number of aromatic nitrogens is 1. The Morgan fingerprint density at radius 2 is 2.13 bits per heavy atom. The van der Waals surface area contributed by atoms with Gasteiger partial charge in [0.25, 0.3) is 0 Å². The number of thiocarbonyl (C=S) groups is 1. The van der Waals surface area contributed by atoms with E-state index in [1.807, 2.05) is 0 Å². The molecule has 10 heteroatoms. The molecule has 0 unspecified atom stereocenters. The summed E-state index contributed by atoms with van der Waals surface area (Å²) in [7, 11) is 0. The fourth-order valence-electron chi connectivity index (χ4n) is 2.00. The van der Waals surface area contributed by atoms with Crippen LogP contribution in [0.1, 0.15) is 5.56 Å². The Balaban J connectivity index is 1.88. The number of hydrazone groups is 1. The summed E-state index contributed by atoms with van der Waals surface area (Å²) in [4.78, 5) is 3.92. The Morgan fingerprint density at radius 3 is 2.78 bits per heavy atom. The molecule has 1 saturated heterocycles. The van der Waals surface area contributed by atoms with Gasteiger partial charge in [-0.3, -0.25) is 10.4 Å². The van der Waals surface area contributed by atoms with Gasteiger partial charge in [0.05, 0.1) is 12.8 Å². The van der Waals surface area contributed by atoms with Crippen molar-refractivity contribution in [2.75, 3.05) is 6.61 Å². The highest BCUT2D eigenvalue weighted by Gasteiger charge is 2.43. The van der Waals surface area contributed by atoms with Crippen LogP contribution in [0, 0.1) is 0 Å². The summed E-state index contributed by atoms with van der Waals surface area (Å²) in [5.41, 5.74) is 3.28. The largest absolute Gasteiger partial charge is 0.394 e. The molecule has 2 rings (SSSR count). The van der Waals surface area contributed by atoms with E-state index in [2.05, 4.69) is 20.8 Å². The van der Waals surface area contributed by atoms with Crippen molar-refractivity contribution < 1.29 is 25.2 Å². The lowest BCUT2D eigenvalue weighted by atomic mass is 9.98. The molecule has 23 heavy (non-hydrogen) atoms. The van der Waals surface area contributed by atoms with Gasteiger partial charge in [-0.1, -0.05) is 6.07 Å². The van der Waals surface area contributed by atoms with Gasteiger partial charge in [0.15, 0.2) is 11.3 Å². The molecule has 1 aliphatic heterocycles. The number of aliphatic hydroxyl groups is 4. The number of pyridine rings is 1. The van der Waals surface area contributed by atoms with E-state index in [1.165, 1.54) is 6.21 Å². The first-order valence-corrected chi connectivity index (χ1v) is 7.24. The molecule has 1 fully saturated rings. The van der Waals surface area contributed by atoms with Gasteiger partial charge in [-0.2, -0.15) is 5.10 Å². The van der Waals surface area contributed by atoms with Crippen molar-refractivity contribution in [3.63, 3.8) is 0 Å². The lowest BCUT2D eigenvalue weighted by molar-refractivity contribution is -0.232. The lowest BCUT2D eigenvalue weighted by Crippen LogP contribution is -2.63. The van der Waals surface area contributed by atoms with Crippen LogP contribution in [0.15, 0.2) is 29.6 Å². The Hall–Kier alpha value is -1.69. The van der Waals surface area contributed by atoms with E-state index in [9.17, 15) is 15.3 Å². The second kappa shape index (κ2) is 8.24. The first kappa shape index (κ1) is 17.7. The number of rotatable bonds is 4. The molecule has 1 aliphatic rings. The zero-order valence-corrected chi connectivity index (χ0v) is 12.8. The number of nitrogens with one attached hydrogen (secondary N) is 2. The summed E-state index contributed by atoms with van der Waals surface area (Å²) in [6.45, 7) is -0.511. The number of aliphatic hydroxyl groups excluding tert-OH is 4. The number of hydrogen-bond acceptors (Lipinski definition) is 8. The fourth-order valence-corrected chi connectivity index (χ4v) is 2.17. The normalized spacial score (nSPS) is 31.0. The second-order valence-electron chi connectivity index (χ2n) is 4.88. The van der Waals surface area contributed by atoms with Crippen LogP contribution in [0.2, 0.25) is 0 Å². The van der Waals surface area contributed by atoms with Gasteiger partial charge >= 0.3 is 0 Å². The molecule has 0 bridgehead atoms. The third-order valence-electron chi connectivity index (χ3n) is 3.23. The predicted octanol–water partition coefficient (Wildman–Crippen LogP) is -2.32. The van der Waals surface area contributed by atoms with Crippen LogP contribution >= 0.6 is 12.2 Å². The average Bonchev–Trinajstić information content (AvgIpc) is 2.56. The molecule has 126 valence electrons. The molecular weight excluding hydrogens is 324 g/mol. The van der Waals surface area contributed by atoms with Gasteiger partial charge in [-0.25, -0.2) is 0 Å². The van der Waals surface area contributed by atoms with Gasteiger partial charge in [-0.05, 0) is 18.3 Å². The van der Waals surface area contributed by atoms with Crippen molar-refractivity contribution in [2.24, 2.45) is 5.10 Å². The third-order valence-corrected chi connectivity index (χ3v) is 3.44. The standard InChI is InChI=1S/C13H18N4O5S/c18-6-8-9(19)10(20)11(21)12(22-8)16-13(23)17-15-5-7-2-1-3-14-4-7/h1-5,8-12,18-21H,6H2,(H2,16,17,23)/b15-5+/t8-,9-,10+,11-,12-/m1/s1. The van der Waals surface area contributed by atoms with Crippen molar-refractivity contribution >= 4 is 23.5 Å². The molecule has 0 spiro atoms. The quantitative estimate of drug-likeness (QED) is 0.202. The van der Waals surface area contributed by atoms with Gasteiger partial charge in [0, 0.05) is 18.0 Å². The van der Waals surface area contributed by atoms with E-state index in [0.717, 1.165) is 5.56 Å². The monoisotopic (exact) mass is 342 g/mol. The first-order valence-electron chi connectivity index (χ1n) is 6.83. The van der Waals surface area contributed by atoms with Gasteiger partial charge < -0.3 is 30.5 Å². The van der Waals surface area contributed by atoms with Gasteiger partial charge in [0.1, 0.15) is 24.4 Å². The predicted molar refractivity (Wildman–Crippen MR) is 84.5 cm³/mol. The van der Waals surface area contributed by atoms with Crippen molar-refractivity contribution in [1.29, 1.82) is 0 Å². The van der Waals surface area contributed by atoms with Crippen LogP contribution < -0.4 is 10.7 Å². The Bertz CT molecular complexity index is 544. The molecule has 0 aliphatic carbocycles. The highest BCUT2D eigenvalue weighted by Crippen LogP contribution is 2.19. The molecule has 0 radical (unpaired) electrons. The van der Waals surface area contributed by atoms with Crippen molar-refractivity contribution in [3.8, 4) is 0 Å². The number of nitrogens with zero attached hydrogens (tertiary/aromatic N) is 2. The molecule has 1 aromatic rings. The molecule has 9 nitrogen and oxygen atoms in total. The molecule has 5 atom stereocenters. The summed E-state index contributed by atoms with van der Waals surface area (Å²) < 4.78 is 5.26. The zero-order chi connectivity index (χ0) is 16.8. The highest BCUT2D eigenvalue weighted by molar-refractivity contribution is 7.80. The number of ether oxygens (including phenoxy) is 1. The van der Waals surface area contributed by atoms with E-state index in [-0.39, 0.29) is 5.11 Å². The van der Waals surface area contributed by atoms with E-state index in [1.54, 1.807) is 24.5 Å². The van der Waals surface area contributed by atoms with Crippen molar-refractivity contribution in [2.45, 2.75) is 30.6 Å². The van der Waals surface area contributed by atoms with Crippen LogP contribution in [0.5, 0.6) is 0 Å². The molecule has 1 aromatic heterocycles. The SMILES string of the molecule is OC[C@H]1O[C@@H](NC(=S)N/N=C/c2cccnc2)[C@H](O)[C@@H](O)[C@@H]1O. The summed E-state index contributed by atoms with van der Waals surface area (Å²) in [5, 5.41) is 44.8. The second-order valence-corrected chi connectivity index (χ2v) is 5.29.